The van der Waals surface area contributed by atoms with Crippen LogP contribution in [0.2, 0.25) is 5.02 Å². The SMILES string of the molecule is Cl.O=C(Nc1ccccc1C(=O)NCCN1CCNCC1)c1ccc(Cl)cc1. The molecule has 0 bridgehead atoms. The lowest BCUT2D eigenvalue weighted by atomic mass is 10.1. The normalized spacial score (nSPS) is 14.0. The van der Waals surface area contributed by atoms with E-state index in [-0.39, 0.29) is 24.2 Å². The van der Waals surface area contributed by atoms with E-state index in [1.807, 2.05) is 0 Å². The van der Waals surface area contributed by atoms with Crippen molar-refractivity contribution in [3.63, 3.8) is 0 Å². The van der Waals surface area contributed by atoms with Crippen LogP contribution in [0.5, 0.6) is 0 Å². The van der Waals surface area contributed by atoms with Gasteiger partial charge in [-0.05, 0) is 36.4 Å². The summed E-state index contributed by atoms with van der Waals surface area (Å²) in [6.07, 6.45) is 0. The fourth-order valence-corrected chi connectivity index (χ4v) is 3.07. The molecular weight excluding hydrogens is 399 g/mol. The zero-order valence-corrected chi connectivity index (χ0v) is 17.0. The molecule has 1 aliphatic rings. The molecule has 2 aromatic rings. The van der Waals surface area contributed by atoms with Crippen molar-refractivity contribution in [2.24, 2.45) is 0 Å². The molecule has 0 atom stereocenters. The maximum Gasteiger partial charge on any atom is 0.255 e. The Morgan fingerprint density at radius 1 is 1.00 bits per heavy atom. The minimum Gasteiger partial charge on any atom is -0.351 e. The first-order valence-electron chi connectivity index (χ1n) is 9.01. The van der Waals surface area contributed by atoms with Crippen LogP contribution in [-0.2, 0) is 0 Å². The van der Waals surface area contributed by atoms with Crippen molar-refractivity contribution in [3.8, 4) is 0 Å². The largest absolute Gasteiger partial charge is 0.351 e. The number of rotatable bonds is 6. The Bertz CT molecular complexity index is 793. The molecule has 28 heavy (non-hydrogen) atoms. The lowest BCUT2D eigenvalue weighted by molar-refractivity contribution is 0.0948. The number of hydrogen-bond acceptors (Lipinski definition) is 4. The Labute approximate surface area is 176 Å². The fourth-order valence-electron chi connectivity index (χ4n) is 2.94. The molecule has 0 saturated carbocycles. The molecule has 0 aliphatic carbocycles. The number of hydrogen-bond donors (Lipinski definition) is 3. The Kier molecular flexibility index (Phi) is 8.73. The highest BCUT2D eigenvalue weighted by molar-refractivity contribution is 6.30. The van der Waals surface area contributed by atoms with Crippen LogP contribution in [0.3, 0.4) is 0 Å². The summed E-state index contributed by atoms with van der Waals surface area (Å²) in [7, 11) is 0. The zero-order chi connectivity index (χ0) is 19.1. The van der Waals surface area contributed by atoms with Crippen molar-refractivity contribution in [1.82, 2.24) is 15.5 Å². The van der Waals surface area contributed by atoms with Gasteiger partial charge in [-0.25, -0.2) is 0 Å². The molecule has 1 fully saturated rings. The summed E-state index contributed by atoms with van der Waals surface area (Å²) in [6, 6.07) is 13.6. The lowest BCUT2D eigenvalue weighted by Gasteiger charge is -2.27. The summed E-state index contributed by atoms with van der Waals surface area (Å²) in [5.41, 5.74) is 1.41. The number of para-hydroxylation sites is 1. The predicted octanol–water partition coefficient (Wildman–Crippen LogP) is 2.65. The lowest BCUT2D eigenvalue weighted by Crippen LogP contribution is -2.46. The Balaban J connectivity index is 0.00000280. The van der Waals surface area contributed by atoms with Gasteiger partial charge in [0.15, 0.2) is 0 Å². The van der Waals surface area contributed by atoms with E-state index in [9.17, 15) is 9.59 Å². The highest BCUT2D eigenvalue weighted by Crippen LogP contribution is 2.17. The van der Waals surface area contributed by atoms with Gasteiger partial charge in [0, 0.05) is 49.9 Å². The van der Waals surface area contributed by atoms with Crippen LogP contribution < -0.4 is 16.0 Å². The molecular formula is C20H24Cl2N4O2. The molecule has 3 N–H and O–H groups in total. The molecule has 3 rings (SSSR count). The molecule has 0 spiro atoms. The summed E-state index contributed by atoms with van der Waals surface area (Å²) in [4.78, 5) is 27.3. The Morgan fingerprint density at radius 3 is 2.39 bits per heavy atom. The number of carbonyl (C=O) groups excluding carboxylic acids is 2. The first-order valence-corrected chi connectivity index (χ1v) is 9.38. The number of piperazine rings is 1. The maximum atomic E-state index is 12.6. The topological polar surface area (TPSA) is 73.5 Å². The standard InChI is InChI=1S/C20H23ClN4O2.ClH/c21-16-7-5-15(6-8-16)19(26)24-18-4-2-1-3-17(18)20(27)23-11-14-25-12-9-22-10-13-25;/h1-8,22H,9-14H2,(H,23,27)(H,24,26);1H. The Morgan fingerprint density at radius 2 is 1.68 bits per heavy atom. The third-order valence-corrected chi connectivity index (χ3v) is 4.70. The van der Waals surface area contributed by atoms with Crippen LogP contribution in [0, 0.1) is 0 Å². The number of nitrogens with one attached hydrogen (secondary N) is 3. The van der Waals surface area contributed by atoms with Gasteiger partial charge in [0.1, 0.15) is 0 Å². The Hall–Kier alpha value is -2.12. The van der Waals surface area contributed by atoms with E-state index in [0.29, 0.717) is 28.4 Å². The van der Waals surface area contributed by atoms with Crippen molar-refractivity contribution in [2.75, 3.05) is 44.6 Å². The first-order chi connectivity index (χ1) is 13.1. The van der Waals surface area contributed by atoms with Gasteiger partial charge >= 0.3 is 0 Å². The average molecular weight is 423 g/mol. The summed E-state index contributed by atoms with van der Waals surface area (Å²) in [5.74, 6) is -0.482. The molecule has 2 aromatic carbocycles. The summed E-state index contributed by atoms with van der Waals surface area (Å²) >= 11 is 5.86. The van der Waals surface area contributed by atoms with Gasteiger partial charge in [-0.1, -0.05) is 23.7 Å². The average Bonchev–Trinajstić information content (AvgIpc) is 2.69. The van der Waals surface area contributed by atoms with Crippen LogP contribution in [0.15, 0.2) is 48.5 Å². The van der Waals surface area contributed by atoms with E-state index < -0.39 is 0 Å². The van der Waals surface area contributed by atoms with Crippen LogP contribution in [0.4, 0.5) is 5.69 Å². The molecule has 8 heteroatoms. The molecule has 1 aliphatic heterocycles. The van der Waals surface area contributed by atoms with Crippen LogP contribution in [0.1, 0.15) is 20.7 Å². The number of carbonyl (C=O) groups is 2. The van der Waals surface area contributed by atoms with Crippen LogP contribution >= 0.6 is 24.0 Å². The molecule has 1 saturated heterocycles. The third kappa shape index (κ3) is 6.21. The van der Waals surface area contributed by atoms with Crippen molar-refractivity contribution >= 4 is 41.5 Å². The number of nitrogens with zero attached hydrogens (tertiary/aromatic N) is 1. The van der Waals surface area contributed by atoms with E-state index in [0.717, 1.165) is 32.7 Å². The second-order valence-electron chi connectivity index (χ2n) is 6.35. The number of amides is 2. The van der Waals surface area contributed by atoms with Crippen molar-refractivity contribution in [2.45, 2.75) is 0 Å². The second-order valence-corrected chi connectivity index (χ2v) is 6.79. The van der Waals surface area contributed by atoms with Crippen molar-refractivity contribution in [3.05, 3.63) is 64.7 Å². The maximum absolute atomic E-state index is 12.6. The monoisotopic (exact) mass is 422 g/mol. The smallest absolute Gasteiger partial charge is 0.255 e. The highest BCUT2D eigenvalue weighted by atomic mass is 35.5. The second kappa shape index (κ2) is 11.0. The van der Waals surface area contributed by atoms with Gasteiger partial charge in [-0.15, -0.1) is 12.4 Å². The van der Waals surface area contributed by atoms with Gasteiger partial charge in [-0.2, -0.15) is 0 Å². The zero-order valence-electron chi connectivity index (χ0n) is 15.4. The summed E-state index contributed by atoms with van der Waals surface area (Å²) < 4.78 is 0. The number of halogens is 2. The molecule has 150 valence electrons. The first kappa shape index (κ1) is 22.2. The molecule has 1 heterocycles. The van der Waals surface area contributed by atoms with Crippen molar-refractivity contribution < 1.29 is 9.59 Å². The molecule has 6 nitrogen and oxygen atoms in total. The van der Waals surface area contributed by atoms with Gasteiger partial charge in [0.2, 0.25) is 0 Å². The molecule has 0 aromatic heterocycles. The van der Waals surface area contributed by atoms with E-state index in [1.54, 1.807) is 48.5 Å². The number of benzene rings is 2. The van der Waals surface area contributed by atoms with Crippen LogP contribution in [0.25, 0.3) is 0 Å². The third-order valence-electron chi connectivity index (χ3n) is 4.45. The predicted molar refractivity (Wildman–Crippen MR) is 115 cm³/mol. The van der Waals surface area contributed by atoms with E-state index in [2.05, 4.69) is 20.9 Å². The van der Waals surface area contributed by atoms with Gasteiger partial charge in [0.25, 0.3) is 11.8 Å². The van der Waals surface area contributed by atoms with Crippen molar-refractivity contribution in [1.29, 1.82) is 0 Å². The van der Waals surface area contributed by atoms with E-state index >= 15 is 0 Å². The molecule has 0 radical (unpaired) electrons. The minimum absolute atomic E-state index is 0. The van der Waals surface area contributed by atoms with Gasteiger partial charge in [-0.3, -0.25) is 14.5 Å². The number of anilines is 1. The highest BCUT2D eigenvalue weighted by Gasteiger charge is 2.15. The van der Waals surface area contributed by atoms with E-state index in [4.69, 9.17) is 11.6 Å². The summed E-state index contributed by atoms with van der Waals surface area (Å²) in [6.45, 7) is 5.32. The molecule has 0 unspecified atom stereocenters. The minimum atomic E-state index is -0.285. The quantitative estimate of drug-likeness (QED) is 0.668. The fraction of sp³-hybridized carbons (Fsp3) is 0.300. The van der Waals surface area contributed by atoms with E-state index in [1.165, 1.54) is 0 Å². The van der Waals surface area contributed by atoms with Crippen LogP contribution in [-0.4, -0.2) is 56.0 Å². The van der Waals surface area contributed by atoms with Gasteiger partial charge in [0.05, 0.1) is 11.3 Å². The summed E-state index contributed by atoms with van der Waals surface area (Å²) in [5, 5.41) is 9.61. The molecule has 2 amide bonds. The van der Waals surface area contributed by atoms with Gasteiger partial charge < -0.3 is 16.0 Å².